The lowest BCUT2D eigenvalue weighted by atomic mass is 10.1. The van der Waals surface area contributed by atoms with E-state index in [0.717, 1.165) is 16.8 Å². The SMILES string of the molecule is Cc1ccc(NC(=O)c2[nH]c(=O)[nH]c2CBr)c(C)c1. The van der Waals surface area contributed by atoms with Crippen molar-refractivity contribution >= 4 is 27.5 Å². The number of carbonyl (C=O) groups is 1. The Labute approximate surface area is 118 Å². The lowest BCUT2D eigenvalue weighted by Gasteiger charge is -2.08. The molecule has 0 bridgehead atoms. The molecule has 2 rings (SSSR count). The molecular formula is C13H14BrN3O2. The van der Waals surface area contributed by atoms with Gasteiger partial charge in [0.25, 0.3) is 5.91 Å². The molecule has 6 heteroatoms. The van der Waals surface area contributed by atoms with Gasteiger partial charge in [0.05, 0.1) is 5.69 Å². The van der Waals surface area contributed by atoms with E-state index in [4.69, 9.17) is 0 Å². The van der Waals surface area contributed by atoms with Gasteiger partial charge in [-0.3, -0.25) is 4.79 Å². The summed E-state index contributed by atoms with van der Waals surface area (Å²) >= 11 is 3.23. The smallest absolute Gasteiger partial charge is 0.320 e. The van der Waals surface area contributed by atoms with E-state index in [0.29, 0.717) is 11.0 Å². The number of anilines is 1. The van der Waals surface area contributed by atoms with Crippen molar-refractivity contribution in [1.29, 1.82) is 0 Å². The number of amides is 1. The molecular weight excluding hydrogens is 310 g/mol. The zero-order valence-corrected chi connectivity index (χ0v) is 12.2. The first kappa shape index (κ1) is 13.6. The summed E-state index contributed by atoms with van der Waals surface area (Å²) in [5, 5.41) is 3.20. The lowest BCUT2D eigenvalue weighted by molar-refractivity contribution is 0.102. The minimum Gasteiger partial charge on any atom is -0.320 e. The number of H-pyrrole nitrogens is 2. The Kier molecular flexibility index (Phi) is 3.90. The second-order valence-electron chi connectivity index (χ2n) is 4.34. The first-order chi connectivity index (χ1) is 9.01. The molecule has 1 heterocycles. The largest absolute Gasteiger partial charge is 0.323 e. The molecule has 0 aliphatic rings. The van der Waals surface area contributed by atoms with Crippen LogP contribution < -0.4 is 11.0 Å². The monoisotopic (exact) mass is 323 g/mol. The maximum Gasteiger partial charge on any atom is 0.323 e. The fourth-order valence-electron chi connectivity index (χ4n) is 1.85. The Morgan fingerprint density at radius 1 is 1.32 bits per heavy atom. The number of aromatic amines is 2. The van der Waals surface area contributed by atoms with Crippen LogP contribution in [-0.2, 0) is 5.33 Å². The zero-order valence-electron chi connectivity index (χ0n) is 10.6. The minimum atomic E-state index is -0.389. The minimum absolute atomic E-state index is 0.252. The predicted octanol–water partition coefficient (Wildman–Crippen LogP) is 2.47. The van der Waals surface area contributed by atoms with Crippen molar-refractivity contribution in [3.63, 3.8) is 0 Å². The summed E-state index contributed by atoms with van der Waals surface area (Å²) in [4.78, 5) is 28.4. The maximum absolute atomic E-state index is 12.1. The number of hydrogen-bond donors (Lipinski definition) is 3. The number of aromatic nitrogens is 2. The number of halogens is 1. The molecule has 0 radical (unpaired) electrons. The molecule has 0 atom stereocenters. The van der Waals surface area contributed by atoms with Gasteiger partial charge in [0.15, 0.2) is 0 Å². The van der Waals surface area contributed by atoms with Crippen LogP contribution in [-0.4, -0.2) is 15.9 Å². The molecule has 0 aliphatic carbocycles. The normalized spacial score (nSPS) is 10.5. The fourth-order valence-corrected chi connectivity index (χ4v) is 2.27. The van der Waals surface area contributed by atoms with Crippen molar-refractivity contribution in [2.24, 2.45) is 0 Å². The van der Waals surface area contributed by atoms with Crippen molar-refractivity contribution in [2.45, 2.75) is 19.2 Å². The van der Waals surface area contributed by atoms with Crippen molar-refractivity contribution < 1.29 is 4.79 Å². The third-order valence-corrected chi connectivity index (χ3v) is 3.36. The highest BCUT2D eigenvalue weighted by molar-refractivity contribution is 9.08. The zero-order chi connectivity index (χ0) is 14.0. The third-order valence-electron chi connectivity index (χ3n) is 2.80. The number of imidazole rings is 1. The van der Waals surface area contributed by atoms with Crippen molar-refractivity contribution in [1.82, 2.24) is 9.97 Å². The second kappa shape index (κ2) is 5.44. The summed E-state index contributed by atoms with van der Waals surface area (Å²) in [7, 11) is 0. The van der Waals surface area contributed by atoms with Crippen molar-refractivity contribution in [3.8, 4) is 0 Å². The number of carbonyl (C=O) groups excluding carboxylic acids is 1. The van der Waals surface area contributed by atoms with Gasteiger partial charge in [0.1, 0.15) is 5.69 Å². The number of alkyl halides is 1. The molecule has 2 aromatic rings. The molecule has 0 aliphatic heterocycles. The van der Waals surface area contributed by atoms with E-state index >= 15 is 0 Å². The van der Waals surface area contributed by atoms with Gasteiger partial charge in [-0.05, 0) is 25.5 Å². The van der Waals surface area contributed by atoms with E-state index in [1.54, 1.807) is 0 Å². The molecule has 3 N–H and O–H groups in total. The summed E-state index contributed by atoms with van der Waals surface area (Å²) in [6, 6.07) is 5.76. The molecule has 0 saturated carbocycles. The van der Waals surface area contributed by atoms with Crippen molar-refractivity contribution in [3.05, 3.63) is 51.2 Å². The van der Waals surface area contributed by atoms with Gasteiger partial charge in [-0.15, -0.1) is 0 Å². The highest BCUT2D eigenvalue weighted by Crippen LogP contribution is 2.17. The van der Waals surface area contributed by atoms with Crippen molar-refractivity contribution in [2.75, 3.05) is 5.32 Å². The molecule has 100 valence electrons. The molecule has 5 nitrogen and oxygen atoms in total. The lowest BCUT2D eigenvalue weighted by Crippen LogP contribution is -2.15. The first-order valence-electron chi connectivity index (χ1n) is 5.77. The first-order valence-corrected chi connectivity index (χ1v) is 6.89. The predicted molar refractivity (Wildman–Crippen MR) is 77.9 cm³/mol. The Balaban J connectivity index is 2.28. The van der Waals surface area contributed by atoms with Crippen LogP contribution in [0.2, 0.25) is 0 Å². The fraction of sp³-hybridized carbons (Fsp3) is 0.231. The van der Waals surface area contributed by atoms with Crippen LogP contribution in [0.1, 0.15) is 27.3 Å². The van der Waals surface area contributed by atoms with Crippen LogP contribution in [0, 0.1) is 13.8 Å². The molecule has 1 amide bonds. The summed E-state index contributed by atoms with van der Waals surface area (Å²) < 4.78 is 0. The topological polar surface area (TPSA) is 77.8 Å². The van der Waals surface area contributed by atoms with Gasteiger partial charge in [-0.2, -0.15) is 0 Å². The number of nitrogens with one attached hydrogen (secondary N) is 3. The summed E-state index contributed by atoms with van der Waals surface area (Å²) in [5.41, 5.74) is 3.24. The van der Waals surface area contributed by atoms with Crippen LogP contribution in [0.25, 0.3) is 0 Å². The Morgan fingerprint density at radius 3 is 2.68 bits per heavy atom. The summed E-state index contributed by atoms with van der Waals surface area (Å²) in [6.45, 7) is 3.92. The molecule has 0 fully saturated rings. The van der Waals surface area contributed by atoms with Gasteiger partial charge < -0.3 is 15.3 Å². The molecule has 0 saturated heterocycles. The number of benzene rings is 1. The van der Waals surface area contributed by atoms with Crippen LogP contribution in [0.3, 0.4) is 0 Å². The van der Waals surface area contributed by atoms with Gasteiger partial charge in [-0.25, -0.2) is 4.79 Å². The van der Waals surface area contributed by atoms with Gasteiger partial charge in [0.2, 0.25) is 0 Å². The number of rotatable bonds is 3. The number of hydrogen-bond acceptors (Lipinski definition) is 2. The third kappa shape index (κ3) is 2.96. The van der Waals surface area contributed by atoms with Crippen LogP contribution in [0.5, 0.6) is 0 Å². The van der Waals surface area contributed by atoms with E-state index in [1.807, 2.05) is 32.0 Å². The van der Waals surface area contributed by atoms with E-state index < -0.39 is 0 Å². The van der Waals surface area contributed by atoms with E-state index in [9.17, 15) is 9.59 Å². The highest BCUT2D eigenvalue weighted by atomic mass is 79.9. The van der Waals surface area contributed by atoms with E-state index in [2.05, 4.69) is 31.2 Å². The van der Waals surface area contributed by atoms with Crippen LogP contribution in [0.4, 0.5) is 5.69 Å². The second-order valence-corrected chi connectivity index (χ2v) is 4.90. The molecule has 19 heavy (non-hydrogen) atoms. The van der Waals surface area contributed by atoms with Crippen LogP contribution >= 0.6 is 15.9 Å². The quantitative estimate of drug-likeness (QED) is 0.759. The van der Waals surface area contributed by atoms with Gasteiger partial charge in [0, 0.05) is 11.0 Å². The molecule has 0 spiro atoms. The van der Waals surface area contributed by atoms with E-state index in [1.165, 1.54) is 0 Å². The van der Waals surface area contributed by atoms with Gasteiger partial charge in [-0.1, -0.05) is 33.6 Å². The average molecular weight is 324 g/mol. The maximum atomic E-state index is 12.1. The Morgan fingerprint density at radius 2 is 2.05 bits per heavy atom. The summed E-state index contributed by atoms with van der Waals surface area (Å²) in [5.74, 6) is -0.334. The average Bonchev–Trinajstić information content (AvgIpc) is 2.74. The Bertz CT molecular complexity index is 673. The number of aryl methyl sites for hydroxylation is 2. The standard InChI is InChI=1S/C13H14BrN3O2/c1-7-3-4-9(8(2)5-7)15-12(18)11-10(6-14)16-13(19)17-11/h3-5H,6H2,1-2H3,(H,15,18)(H2,16,17,19). The highest BCUT2D eigenvalue weighted by Gasteiger charge is 2.15. The molecule has 1 aromatic heterocycles. The van der Waals surface area contributed by atoms with Gasteiger partial charge >= 0.3 is 5.69 Å². The summed E-state index contributed by atoms with van der Waals surface area (Å²) in [6.07, 6.45) is 0. The van der Waals surface area contributed by atoms with Crippen LogP contribution in [0.15, 0.2) is 23.0 Å². The van der Waals surface area contributed by atoms with E-state index in [-0.39, 0.29) is 17.3 Å². The molecule has 1 aromatic carbocycles. The Hall–Kier alpha value is -1.82. The molecule has 0 unspecified atom stereocenters.